The summed E-state index contributed by atoms with van der Waals surface area (Å²) in [4.78, 5) is 0. The molecule has 0 saturated heterocycles. The standard InChI is InChI=1S/C12H18O/c1-2-3-4-8-11(13)12-9-6-5-7-10(9)12/h9-13H,4-8H2,1H3. The van der Waals surface area contributed by atoms with Gasteiger partial charge in [-0.3, -0.25) is 0 Å². The molecule has 1 heteroatoms. The van der Waals surface area contributed by atoms with Crippen LogP contribution < -0.4 is 0 Å². The van der Waals surface area contributed by atoms with Crippen LogP contribution in [0, 0.1) is 29.6 Å². The smallest absolute Gasteiger partial charge is 0.0583 e. The molecule has 13 heavy (non-hydrogen) atoms. The minimum atomic E-state index is -0.0591. The first-order valence-electron chi connectivity index (χ1n) is 5.42. The van der Waals surface area contributed by atoms with Crippen LogP contribution in [0.2, 0.25) is 0 Å². The monoisotopic (exact) mass is 178 g/mol. The van der Waals surface area contributed by atoms with Gasteiger partial charge in [-0.25, -0.2) is 0 Å². The molecule has 2 aliphatic rings. The largest absolute Gasteiger partial charge is 0.393 e. The van der Waals surface area contributed by atoms with Gasteiger partial charge in [0.15, 0.2) is 0 Å². The fraction of sp³-hybridized carbons (Fsp3) is 0.833. The van der Waals surface area contributed by atoms with Crippen molar-refractivity contribution in [1.82, 2.24) is 0 Å². The van der Waals surface area contributed by atoms with Gasteiger partial charge in [0.25, 0.3) is 0 Å². The highest BCUT2D eigenvalue weighted by Crippen LogP contribution is 2.59. The van der Waals surface area contributed by atoms with Crippen LogP contribution in [0.25, 0.3) is 0 Å². The van der Waals surface area contributed by atoms with E-state index in [0.717, 1.165) is 24.7 Å². The highest BCUT2D eigenvalue weighted by Gasteiger charge is 2.55. The summed E-state index contributed by atoms with van der Waals surface area (Å²) < 4.78 is 0. The molecule has 0 heterocycles. The van der Waals surface area contributed by atoms with Gasteiger partial charge < -0.3 is 5.11 Å². The normalized spacial score (nSPS) is 37.5. The van der Waals surface area contributed by atoms with Crippen molar-refractivity contribution in [2.45, 2.75) is 45.1 Å². The van der Waals surface area contributed by atoms with Crippen molar-refractivity contribution in [1.29, 1.82) is 0 Å². The van der Waals surface area contributed by atoms with E-state index in [1.165, 1.54) is 19.3 Å². The summed E-state index contributed by atoms with van der Waals surface area (Å²) in [6.07, 6.45) is 5.83. The lowest BCUT2D eigenvalue weighted by molar-refractivity contribution is 0.128. The molecule has 3 unspecified atom stereocenters. The predicted octanol–water partition coefficient (Wildman–Crippen LogP) is 2.20. The zero-order chi connectivity index (χ0) is 9.26. The molecule has 2 fully saturated rings. The second-order valence-corrected chi connectivity index (χ2v) is 4.37. The minimum absolute atomic E-state index is 0.0591. The van der Waals surface area contributed by atoms with Gasteiger partial charge in [-0.15, -0.1) is 11.8 Å². The lowest BCUT2D eigenvalue weighted by Crippen LogP contribution is -2.12. The molecular weight excluding hydrogens is 160 g/mol. The van der Waals surface area contributed by atoms with Crippen LogP contribution in [0.15, 0.2) is 0 Å². The van der Waals surface area contributed by atoms with Gasteiger partial charge in [-0.2, -0.15) is 0 Å². The van der Waals surface area contributed by atoms with Crippen LogP contribution >= 0.6 is 0 Å². The molecule has 0 amide bonds. The van der Waals surface area contributed by atoms with Crippen LogP contribution in [0.5, 0.6) is 0 Å². The second-order valence-electron chi connectivity index (χ2n) is 4.37. The number of aliphatic hydroxyl groups is 1. The first-order valence-corrected chi connectivity index (χ1v) is 5.42. The maximum Gasteiger partial charge on any atom is 0.0583 e. The Morgan fingerprint density at radius 3 is 2.69 bits per heavy atom. The zero-order valence-corrected chi connectivity index (χ0v) is 8.29. The van der Waals surface area contributed by atoms with Gasteiger partial charge in [0, 0.05) is 6.42 Å². The van der Waals surface area contributed by atoms with Crippen molar-refractivity contribution in [2.75, 3.05) is 0 Å². The number of rotatable bonds is 3. The van der Waals surface area contributed by atoms with E-state index in [2.05, 4.69) is 11.8 Å². The van der Waals surface area contributed by atoms with Gasteiger partial charge in [-0.05, 0) is 43.9 Å². The Bertz CT molecular complexity index is 225. The summed E-state index contributed by atoms with van der Waals surface area (Å²) in [6, 6.07) is 0. The number of hydrogen-bond acceptors (Lipinski definition) is 1. The van der Waals surface area contributed by atoms with Gasteiger partial charge in [0.05, 0.1) is 6.10 Å². The van der Waals surface area contributed by atoms with Crippen molar-refractivity contribution < 1.29 is 5.11 Å². The maximum atomic E-state index is 9.85. The SMILES string of the molecule is CC#CCCC(O)C1C2CCCC21. The lowest BCUT2D eigenvalue weighted by Gasteiger charge is -2.10. The summed E-state index contributed by atoms with van der Waals surface area (Å²) >= 11 is 0. The average molecular weight is 178 g/mol. The molecule has 0 aromatic carbocycles. The number of aliphatic hydroxyl groups excluding tert-OH is 1. The lowest BCUT2D eigenvalue weighted by atomic mass is 10.0. The highest BCUT2D eigenvalue weighted by molar-refractivity contribution is 5.05. The molecule has 0 aromatic rings. The van der Waals surface area contributed by atoms with Crippen molar-refractivity contribution in [3.63, 3.8) is 0 Å². The first-order chi connectivity index (χ1) is 6.34. The van der Waals surface area contributed by atoms with Crippen LogP contribution in [0.4, 0.5) is 0 Å². The molecule has 2 aliphatic carbocycles. The molecule has 1 nitrogen and oxygen atoms in total. The Hall–Kier alpha value is -0.480. The van der Waals surface area contributed by atoms with Gasteiger partial charge in [-0.1, -0.05) is 6.42 Å². The summed E-state index contributed by atoms with van der Waals surface area (Å²) in [5.74, 6) is 8.29. The summed E-state index contributed by atoms with van der Waals surface area (Å²) in [5, 5.41) is 9.85. The topological polar surface area (TPSA) is 20.2 Å². The summed E-state index contributed by atoms with van der Waals surface area (Å²) in [7, 11) is 0. The molecule has 3 atom stereocenters. The fourth-order valence-corrected chi connectivity index (χ4v) is 2.99. The van der Waals surface area contributed by atoms with E-state index >= 15 is 0 Å². The van der Waals surface area contributed by atoms with E-state index in [-0.39, 0.29) is 6.10 Å². The van der Waals surface area contributed by atoms with Crippen molar-refractivity contribution >= 4 is 0 Å². The van der Waals surface area contributed by atoms with E-state index in [1.807, 2.05) is 6.92 Å². The quantitative estimate of drug-likeness (QED) is 0.657. The van der Waals surface area contributed by atoms with Gasteiger partial charge in [0.1, 0.15) is 0 Å². The predicted molar refractivity (Wildman–Crippen MR) is 53.0 cm³/mol. The summed E-state index contributed by atoms with van der Waals surface area (Å²) in [6.45, 7) is 1.86. The second kappa shape index (κ2) is 3.72. The number of hydrogen-bond donors (Lipinski definition) is 1. The van der Waals surface area contributed by atoms with Crippen LogP contribution in [-0.4, -0.2) is 11.2 Å². The third-order valence-electron chi connectivity index (χ3n) is 3.66. The van der Waals surface area contributed by atoms with Crippen molar-refractivity contribution in [2.24, 2.45) is 17.8 Å². The van der Waals surface area contributed by atoms with Crippen molar-refractivity contribution in [3.8, 4) is 11.8 Å². The van der Waals surface area contributed by atoms with Crippen LogP contribution in [0.3, 0.4) is 0 Å². The van der Waals surface area contributed by atoms with E-state index < -0.39 is 0 Å². The van der Waals surface area contributed by atoms with Crippen LogP contribution in [-0.2, 0) is 0 Å². The molecule has 72 valence electrons. The Balaban J connectivity index is 1.72. The average Bonchev–Trinajstić information content (AvgIpc) is 2.61. The zero-order valence-electron chi connectivity index (χ0n) is 8.29. The molecule has 0 aliphatic heterocycles. The molecule has 2 rings (SSSR count). The van der Waals surface area contributed by atoms with E-state index in [9.17, 15) is 5.11 Å². The molecule has 2 saturated carbocycles. The van der Waals surface area contributed by atoms with Crippen molar-refractivity contribution in [3.05, 3.63) is 0 Å². The Labute approximate surface area is 80.5 Å². The minimum Gasteiger partial charge on any atom is -0.393 e. The Kier molecular flexibility index (Phi) is 2.60. The van der Waals surface area contributed by atoms with Crippen LogP contribution in [0.1, 0.15) is 39.0 Å². The fourth-order valence-electron chi connectivity index (χ4n) is 2.99. The molecule has 0 radical (unpaired) electrons. The van der Waals surface area contributed by atoms with Gasteiger partial charge in [0.2, 0.25) is 0 Å². The summed E-state index contributed by atoms with van der Waals surface area (Å²) in [5.41, 5.74) is 0. The Morgan fingerprint density at radius 1 is 1.38 bits per heavy atom. The number of fused-ring (bicyclic) bond motifs is 1. The van der Waals surface area contributed by atoms with Gasteiger partial charge >= 0.3 is 0 Å². The molecular formula is C12H18O. The maximum absolute atomic E-state index is 9.85. The first kappa shape index (κ1) is 9.09. The Morgan fingerprint density at radius 2 is 2.08 bits per heavy atom. The van der Waals surface area contributed by atoms with E-state index in [0.29, 0.717) is 5.92 Å². The molecule has 0 spiro atoms. The van der Waals surface area contributed by atoms with E-state index in [1.54, 1.807) is 0 Å². The van der Waals surface area contributed by atoms with E-state index in [4.69, 9.17) is 0 Å². The molecule has 1 N–H and O–H groups in total. The third-order valence-corrected chi connectivity index (χ3v) is 3.66. The molecule has 0 bridgehead atoms. The molecule has 0 aromatic heterocycles. The third kappa shape index (κ3) is 1.74. The highest BCUT2D eigenvalue weighted by atomic mass is 16.3.